The Morgan fingerprint density at radius 1 is 1.21 bits per heavy atom. The van der Waals surface area contributed by atoms with Gasteiger partial charge in [-0.1, -0.05) is 12.1 Å². The smallest absolute Gasteiger partial charge is 0.365 e. The van der Waals surface area contributed by atoms with Crippen LogP contribution in [0.5, 0.6) is 0 Å². The fourth-order valence-corrected chi connectivity index (χ4v) is 3.68. The first-order chi connectivity index (χ1) is 13.7. The van der Waals surface area contributed by atoms with E-state index in [2.05, 4.69) is 15.3 Å². The van der Waals surface area contributed by atoms with Gasteiger partial charge < -0.3 is 9.88 Å². The van der Waals surface area contributed by atoms with E-state index in [0.717, 1.165) is 25.3 Å². The summed E-state index contributed by atoms with van der Waals surface area (Å²) in [5, 5.41) is 3.84. The second-order valence-corrected chi connectivity index (χ2v) is 7.46. The highest BCUT2D eigenvalue weighted by molar-refractivity contribution is 5.88. The molecule has 1 saturated carbocycles. The van der Waals surface area contributed by atoms with Gasteiger partial charge >= 0.3 is 6.18 Å². The van der Waals surface area contributed by atoms with E-state index in [0.29, 0.717) is 28.1 Å². The van der Waals surface area contributed by atoms with Gasteiger partial charge in [0.15, 0.2) is 0 Å². The van der Waals surface area contributed by atoms with Crippen molar-refractivity contribution < 1.29 is 13.2 Å². The van der Waals surface area contributed by atoms with Crippen LogP contribution in [0.4, 0.5) is 19.0 Å². The molecule has 2 aromatic heterocycles. The summed E-state index contributed by atoms with van der Waals surface area (Å²) in [6, 6.07) is 5.85. The van der Waals surface area contributed by atoms with Crippen LogP contribution in [-0.4, -0.2) is 14.5 Å². The lowest BCUT2D eigenvalue weighted by Crippen LogP contribution is -2.28. The molecule has 0 radical (unpaired) electrons. The molecule has 0 bridgehead atoms. The number of halogens is 3. The van der Waals surface area contributed by atoms with Crippen LogP contribution >= 0.6 is 0 Å². The molecule has 0 saturated heterocycles. The third kappa shape index (κ3) is 3.71. The highest BCUT2D eigenvalue weighted by atomic mass is 19.4. The molecule has 152 valence electrons. The monoisotopic (exact) mass is 402 g/mol. The zero-order chi connectivity index (χ0) is 20.8. The van der Waals surface area contributed by atoms with Crippen LogP contribution in [-0.2, 0) is 12.7 Å². The standard InChI is InChI=1S/C21H21F3N4O/c1-12-14(5-3-8-17(12)21(22,23)24)10-25-20-16-11-28(15-6-4-7-15)19(29)9-18(16)26-13(2)27-20/h3,5,8-9,11,15H,4,6-7,10H2,1-2H3,(H,25,26,27). The Morgan fingerprint density at radius 2 is 1.97 bits per heavy atom. The molecule has 0 amide bonds. The van der Waals surface area contributed by atoms with E-state index in [1.165, 1.54) is 19.1 Å². The summed E-state index contributed by atoms with van der Waals surface area (Å²) in [4.78, 5) is 21.2. The van der Waals surface area contributed by atoms with Gasteiger partial charge in [-0.2, -0.15) is 13.2 Å². The number of nitrogens with one attached hydrogen (secondary N) is 1. The number of nitrogens with zero attached hydrogens (tertiary/aromatic N) is 3. The summed E-state index contributed by atoms with van der Waals surface area (Å²) in [6.45, 7) is 3.37. The molecule has 1 aliphatic rings. The maximum Gasteiger partial charge on any atom is 0.416 e. The minimum Gasteiger partial charge on any atom is -0.365 e. The van der Waals surface area contributed by atoms with Crippen LogP contribution in [0.1, 0.15) is 47.8 Å². The van der Waals surface area contributed by atoms with Gasteiger partial charge in [-0.15, -0.1) is 0 Å². The van der Waals surface area contributed by atoms with Gasteiger partial charge in [0.2, 0.25) is 0 Å². The maximum atomic E-state index is 13.2. The summed E-state index contributed by atoms with van der Waals surface area (Å²) in [5.41, 5.74) is 0.520. The molecule has 1 fully saturated rings. The van der Waals surface area contributed by atoms with E-state index in [1.807, 2.05) is 0 Å². The number of hydrogen-bond donors (Lipinski definition) is 1. The molecule has 2 heterocycles. The predicted molar refractivity (Wildman–Crippen MR) is 105 cm³/mol. The van der Waals surface area contributed by atoms with Gasteiger partial charge in [0.1, 0.15) is 11.6 Å². The molecule has 1 aromatic carbocycles. The fourth-order valence-electron chi connectivity index (χ4n) is 3.68. The molecule has 3 aromatic rings. The highest BCUT2D eigenvalue weighted by Crippen LogP contribution is 2.34. The van der Waals surface area contributed by atoms with E-state index in [9.17, 15) is 18.0 Å². The molecule has 0 atom stereocenters. The zero-order valence-corrected chi connectivity index (χ0v) is 16.2. The number of anilines is 1. The molecule has 0 spiro atoms. The topological polar surface area (TPSA) is 59.8 Å². The predicted octanol–water partition coefficient (Wildman–Crippen LogP) is 4.76. The molecular weight excluding hydrogens is 381 g/mol. The number of pyridine rings is 1. The zero-order valence-electron chi connectivity index (χ0n) is 16.2. The number of hydrogen-bond acceptors (Lipinski definition) is 4. The molecule has 0 aliphatic heterocycles. The number of benzene rings is 1. The lowest BCUT2D eigenvalue weighted by molar-refractivity contribution is -0.138. The first-order valence-electron chi connectivity index (χ1n) is 9.54. The summed E-state index contributed by atoms with van der Waals surface area (Å²) in [6.07, 6.45) is 0.396. The Balaban J connectivity index is 1.70. The Bertz CT molecular complexity index is 1130. The molecule has 0 unspecified atom stereocenters. The van der Waals surface area contributed by atoms with E-state index < -0.39 is 11.7 Å². The van der Waals surface area contributed by atoms with Crippen LogP contribution in [0.3, 0.4) is 0 Å². The van der Waals surface area contributed by atoms with Crippen molar-refractivity contribution in [2.75, 3.05) is 5.32 Å². The Morgan fingerprint density at radius 3 is 2.62 bits per heavy atom. The van der Waals surface area contributed by atoms with Gasteiger partial charge in [0, 0.05) is 24.8 Å². The van der Waals surface area contributed by atoms with Crippen molar-refractivity contribution in [2.45, 2.75) is 51.9 Å². The maximum absolute atomic E-state index is 13.2. The van der Waals surface area contributed by atoms with E-state index in [4.69, 9.17) is 0 Å². The van der Waals surface area contributed by atoms with Crippen molar-refractivity contribution >= 4 is 16.7 Å². The van der Waals surface area contributed by atoms with Crippen molar-refractivity contribution in [1.82, 2.24) is 14.5 Å². The van der Waals surface area contributed by atoms with Crippen LogP contribution in [0, 0.1) is 13.8 Å². The average Bonchev–Trinajstić information content (AvgIpc) is 2.59. The summed E-state index contributed by atoms with van der Waals surface area (Å²) >= 11 is 0. The van der Waals surface area contributed by atoms with Gasteiger partial charge in [-0.05, 0) is 50.3 Å². The first kappa shape index (κ1) is 19.4. The summed E-state index contributed by atoms with van der Waals surface area (Å²) < 4.78 is 41.2. The van der Waals surface area contributed by atoms with Crippen molar-refractivity contribution in [3.63, 3.8) is 0 Å². The van der Waals surface area contributed by atoms with Crippen molar-refractivity contribution in [2.24, 2.45) is 0 Å². The van der Waals surface area contributed by atoms with E-state index in [-0.39, 0.29) is 23.7 Å². The second kappa shape index (κ2) is 7.17. The molecule has 1 aliphatic carbocycles. The molecule has 1 N–H and O–H groups in total. The van der Waals surface area contributed by atoms with E-state index >= 15 is 0 Å². The number of fused-ring (bicyclic) bond motifs is 1. The van der Waals surface area contributed by atoms with Gasteiger partial charge in [0.05, 0.1) is 16.5 Å². The van der Waals surface area contributed by atoms with E-state index in [1.54, 1.807) is 23.8 Å². The molecule has 4 rings (SSSR count). The van der Waals surface area contributed by atoms with Gasteiger partial charge in [0.25, 0.3) is 5.56 Å². The summed E-state index contributed by atoms with van der Waals surface area (Å²) in [5.74, 6) is 0.999. The molecule has 5 nitrogen and oxygen atoms in total. The SMILES string of the molecule is Cc1nc(NCc2cccc(C(F)(F)F)c2C)c2cn(C3CCC3)c(=O)cc2n1. The lowest BCUT2D eigenvalue weighted by Gasteiger charge is -2.27. The van der Waals surface area contributed by atoms with Gasteiger partial charge in [-0.3, -0.25) is 4.79 Å². The highest BCUT2D eigenvalue weighted by Gasteiger charge is 2.32. The molecule has 29 heavy (non-hydrogen) atoms. The quantitative estimate of drug-likeness (QED) is 0.683. The summed E-state index contributed by atoms with van der Waals surface area (Å²) in [7, 11) is 0. The second-order valence-electron chi connectivity index (χ2n) is 7.46. The Labute approximate surface area is 165 Å². The molecular formula is C21H21F3N4O. The van der Waals surface area contributed by atoms with Crippen molar-refractivity contribution in [3.05, 3.63) is 63.3 Å². The minimum atomic E-state index is -4.39. The number of aromatic nitrogens is 3. The fraction of sp³-hybridized carbons (Fsp3) is 0.381. The first-order valence-corrected chi connectivity index (χ1v) is 9.54. The third-order valence-corrected chi connectivity index (χ3v) is 5.54. The Hall–Kier alpha value is -2.90. The Kier molecular flexibility index (Phi) is 4.80. The van der Waals surface area contributed by atoms with Crippen LogP contribution in [0.2, 0.25) is 0 Å². The number of alkyl halides is 3. The third-order valence-electron chi connectivity index (χ3n) is 5.54. The number of rotatable bonds is 4. The molecule has 8 heteroatoms. The van der Waals surface area contributed by atoms with Crippen LogP contribution in [0.15, 0.2) is 35.3 Å². The van der Waals surface area contributed by atoms with Gasteiger partial charge in [-0.25, -0.2) is 9.97 Å². The number of aryl methyl sites for hydroxylation is 1. The van der Waals surface area contributed by atoms with Crippen molar-refractivity contribution in [3.8, 4) is 0 Å². The largest absolute Gasteiger partial charge is 0.416 e. The normalized spacial score (nSPS) is 14.8. The lowest BCUT2D eigenvalue weighted by atomic mass is 9.93. The van der Waals surface area contributed by atoms with Crippen LogP contribution < -0.4 is 10.9 Å². The minimum absolute atomic E-state index is 0.0972. The van der Waals surface area contributed by atoms with Crippen LogP contribution in [0.25, 0.3) is 10.9 Å². The average molecular weight is 402 g/mol. The van der Waals surface area contributed by atoms with Crippen molar-refractivity contribution in [1.29, 1.82) is 0 Å².